The highest BCUT2D eigenvalue weighted by atomic mass is 19.1. The third-order valence-electron chi connectivity index (χ3n) is 3.85. The minimum atomic E-state index is -0.579. The fourth-order valence-corrected chi connectivity index (χ4v) is 2.71. The molecule has 2 aromatic rings. The van der Waals surface area contributed by atoms with Crippen molar-refractivity contribution >= 4 is 5.91 Å². The van der Waals surface area contributed by atoms with Crippen LogP contribution in [0, 0.1) is 5.82 Å². The van der Waals surface area contributed by atoms with Crippen LogP contribution in [0.5, 0.6) is 0 Å². The predicted molar refractivity (Wildman–Crippen MR) is 75.8 cm³/mol. The van der Waals surface area contributed by atoms with Crippen molar-refractivity contribution in [2.24, 2.45) is 0 Å². The van der Waals surface area contributed by atoms with Crippen LogP contribution in [0.3, 0.4) is 0 Å². The van der Waals surface area contributed by atoms with Gasteiger partial charge in [0, 0.05) is 13.1 Å². The van der Waals surface area contributed by atoms with Crippen LogP contribution in [0.1, 0.15) is 30.2 Å². The van der Waals surface area contributed by atoms with Crippen molar-refractivity contribution in [1.29, 1.82) is 0 Å². The molecule has 1 N–H and O–H groups in total. The summed E-state index contributed by atoms with van der Waals surface area (Å²) in [5.41, 5.74) is 0.778. The number of amides is 1. The molecule has 1 aliphatic heterocycles. The summed E-state index contributed by atoms with van der Waals surface area (Å²) in [7, 11) is 0. The lowest BCUT2D eigenvalue weighted by Crippen LogP contribution is -2.40. The molecule has 22 heavy (non-hydrogen) atoms. The molecule has 1 aromatic carbocycles. The zero-order valence-electron chi connectivity index (χ0n) is 11.9. The molecule has 0 radical (unpaired) electrons. The first-order chi connectivity index (χ1) is 10.6. The standard InChI is InChI=1S/C15H16FN3O3/c16-12-5-3-10(4-6-12)8-13(20)19-7-1-2-11(9-19)14-17-18-15(21)22-14/h3-6,11H,1-2,7-9H2,(H,18,21). The third kappa shape index (κ3) is 3.24. The average molecular weight is 305 g/mol. The molecular weight excluding hydrogens is 289 g/mol. The van der Waals surface area contributed by atoms with Gasteiger partial charge in [0.25, 0.3) is 0 Å². The largest absolute Gasteiger partial charge is 0.434 e. The van der Waals surface area contributed by atoms with Gasteiger partial charge in [0.05, 0.1) is 12.3 Å². The van der Waals surface area contributed by atoms with Gasteiger partial charge in [-0.3, -0.25) is 4.79 Å². The van der Waals surface area contributed by atoms with Crippen LogP contribution in [0.25, 0.3) is 0 Å². The van der Waals surface area contributed by atoms with Crippen LogP contribution >= 0.6 is 0 Å². The van der Waals surface area contributed by atoms with Crippen LogP contribution in [0.15, 0.2) is 33.5 Å². The summed E-state index contributed by atoms with van der Waals surface area (Å²) < 4.78 is 17.9. The number of nitrogens with one attached hydrogen (secondary N) is 1. The first kappa shape index (κ1) is 14.5. The molecule has 6 nitrogen and oxygen atoms in total. The number of nitrogens with zero attached hydrogens (tertiary/aromatic N) is 2. The van der Waals surface area contributed by atoms with Gasteiger partial charge in [-0.05, 0) is 30.5 Å². The topological polar surface area (TPSA) is 79.2 Å². The Labute approximate surface area is 125 Å². The molecular formula is C15H16FN3O3. The van der Waals surface area contributed by atoms with Gasteiger partial charge in [-0.2, -0.15) is 0 Å². The number of hydrogen-bond acceptors (Lipinski definition) is 4. The van der Waals surface area contributed by atoms with Crippen molar-refractivity contribution in [3.63, 3.8) is 0 Å². The van der Waals surface area contributed by atoms with Gasteiger partial charge in [-0.15, -0.1) is 5.10 Å². The summed E-state index contributed by atoms with van der Waals surface area (Å²) in [6.07, 6.45) is 1.89. The highest BCUT2D eigenvalue weighted by Gasteiger charge is 2.27. The molecule has 1 atom stereocenters. The Balaban J connectivity index is 1.65. The van der Waals surface area contributed by atoms with Crippen LogP contribution in [0.2, 0.25) is 0 Å². The highest BCUT2D eigenvalue weighted by Crippen LogP contribution is 2.25. The first-order valence-corrected chi connectivity index (χ1v) is 7.19. The smallest absolute Gasteiger partial charge is 0.392 e. The minimum absolute atomic E-state index is 0.0193. The molecule has 0 spiro atoms. The van der Waals surface area contributed by atoms with Gasteiger partial charge in [0.1, 0.15) is 5.82 Å². The molecule has 1 saturated heterocycles. The van der Waals surface area contributed by atoms with Gasteiger partial charge < -0.3 is 9.32 Å². The lowest BCUT2D eigenvalue weighted by molar-refractivity contribution is -0.131. The number of H-pyrrole nitrogens is 1. The molecule has 0 aliphatic carbocycles. The zero-order valence-corrected chi connectivity index (χ0v) is 11.9. The average Bonchev–Trinajstić information content (AvgIpc) is 2.96. The molecule has 2 heterocycles. The van der Waals surface area contributed by atoms with Gasteiger partial charge in [-0.1, -0.05) is 12.1 Å². The van der Waals surface area contributed by atoms with Gasteiger partial charge in [0.2, 0.25) is 11.8 Å². The van der Waals surface area contributed by atoms with Crippen LogP contribution in [0.4, 0.5) is 4.39 Å². The van der Waals surface area contributed by atoms with E-state index in [-0.39, 0.29) is 24.1 Å². The van der Waals surface area contributed by atoms with Crippen LogP contribution < -0.4 is 5.76 Å². The van der Waals surface area contributed by atoms with E-state index in [1.807, 2.05) is 0 Å². The Kier molecular flexibility index (Phi) is 4.04. The monoisotopic (exact) mass is 305 g/mol. The number of hydrogen-bond donors (Lipinski definition) is 1. The Morgan fingerprint density at radius 3 is 2.86 bits per heavy atom. The van der Waals surface area contributed by atoms with Crippen molar-refractivity contribution in [3.8, 4) is 0 Å². The van der Waals surface area contributed by atoms with Gasteiger partial charge in [0.15, 0.2) is 0 Å². The van der Waals surface area contributed by atoms with Crippen molar-refractivity contribution in [2.45, 2.75) is 25.2 Å². The third-order valence-corrected chi connectivity index (χ3v) is 3.85. The maximum Gasteiger partial charge on any atom is 0.434 e. The summed E-state index contributed by atoms with van der Waals surface area (Å²) in [4.78, 5) is 25.1. The summed E-state index contributed by atoms with van der Waals surface area (Å²) in [6, 6.07) is 5.92. The molecule has 1 aromatic heterocycles. The lowest BCUT2D eigenvalue weighted by atomic mass is 9.97. The van der Waals surface area contributed by atoms with Crippen LogP contribution in [-0.4, -0.2) is 34.1 Å². The molecule has 3 rings (SSSR count). The fourth-order valence-electron chi connectivity index (χ4n) is 2.71. The summed E-state index contributed by atoms with van der Waals surface area (Å²) in [6.45, 7) is 1.15. The van der Waals surface area contributed by atoms with Gasteiger partial charge >= 0.3 is 5.76 Å². The van der Waals surface area contributed by atoms with Crippen molar-refractivity contribution < 1.29 is 13.6 Å². The van der Waals surface area contributed by atoms with Gasteiger partial charge in [-0.25, -0.2) is 14.3 Å². The second-order valence-electron chi connectivity index (χ2n) is 5.43. The van der Waals surface area contributed by atoms with Crippen LogP contribution in [-0.2, 0) is 11.2 Å². The molecule has 1 fully saturated rings. The Bertz CT molecular complexity index is 707. The highest BCUT2D eigenvalue weighted by molar-refractivity contribution is 5.78. The SMILES string of the molecule is O=C(Cc1ccc(F)cc1)N1CCCC(c2n[nH]c(=O)o2)C1. The van der Waals surface area contributed by atoms with E-state index in [1.165, 1.54) is 12.1 Å². The maximum atomic E-state index is 12.9. The summed E-state index contributed by atoms with van der Waals surface area (Å²) in [5.74, 6) is -0.629. The fraction of sp³-hybridized carbons (Fsp3) is 0.400. The molecule has 0 bridgehead atoms. The number of aromatic amines is 1. The van der Waals surface area contributed by atoms with Crippen molar-refractivity contribution in [1.82, 2.24) is 15.1 Å². The zero-order chi connectivity index (χ0) is 15.5. The number of carbonyl (C=O) groups is 1. The second-order valence-corrected chi connectivity index (χ2v) is 5.43. The second kappa shape index (κ2) is 6.13. The number of halogens is 1. The van der Waals surface area contributed by atoms with E-state index in [1.54, 1.807) is 17.0 Å². The quantitative estimate of drug-likeness (QED) is 0.931. The van der Waals surface area contributed by atoms with E-state index in [0.717, 1.165) is 18.4 Å². The number of carbonyl (C=O) groups excluding carboxylic acids is 1. The molecule has 7 heteroatoms. The molecule has 116 valence electrons. The van der Waals surface area contributed by atoms with E-state index in [2.05, 4.69) is 10.2 Å². The summed E-state index contributed by atoms with van der Waals surface area (Å²) in [5, 5.41) is 6.09. The molecule has 0 saturated carbocycles. The molecule has 1 unspecified atom stereocenters. The van der Waals surface area contributed by atoms with E-state index < -0.39 is 5.76 Å². The Hall–Kier alpha value is -2.44. The predicted octanol–water partition coefficient (Wildman–Crippen LogP) is 1.45. The number of rotatable bonds is 3. The number of piperidine rings is 1. The van der Waals surface area contributed by atoms with E-state index in [0.29, 0.717) is 19.0 Å². The number of likely N-dealkylation sites (tertiary alicyclic amines) is 1. The molecule has 1 aliphatic rings. The lowest BCUT2D eigenvalue weighted by Gasteiger charge is -2.31. The summed E-state index contributed by atoms with van der Waals surface area (Å²) >= 11 is 0. The van der Waals surface area contributed by atoms with E-state index in [9.17, 15) is 14.0 Å². The molecule has 1 amide bonds. The normalized spacial score (nSPS) is 18.4. The Morgan fingerprint density at radius 1 is 1.41 bits per heavy atom. The van der Waals surface area contributed by atoms with E-state index >= 15 is 0 Å². The van der Waals surface area contributed by atoms with E-state index in [4.69, 9.17) is 4.42 Å². The van der Waals surface area contributed by atoms with Crippen molar-refractivity contribution in [2.75, 3.05) is 13.1 Å². The maximum absolute atomic E-state index is 12.9. The number of aromatic nitrogens is 2. The number of benzene rings is 1. The first-order valence-electron chi connectivity index (χ1n) is 7.19. The Morgan fingerprint density at radius 2 is 2.18 bits per heavy atom. The minimum Gasteiger partial charge on any atom is -0.392 e. The van der Waals surface area contributed by atoms with Crippen molar-refractivity contribution in [3.05, 3.63) is 52.1 Å².